The van der Waals surface area contributed by atoms with Crippen LogP contribution < -0.4 is 5.32 Å². The maximum absolute atomic E-state index is 12.9. The molecule has 2 rings (SSSR count). The van der Waals surface area contributed by atoms with Gasteiger partial charge in [0.05, 0.1) is 5.69 Å². The highest BCUT2D eigenvalue weighted by molar-refractivity contribution is 14.0. The Kier molecular flexibility index (Phi) is 10.0. The molecule has 1 aromatic rings. The number of rotatable bonds is 6. The minimum atomic E-state index is -4.18. The average Bonchev–Trinajstić information content (AvgIpc) is 2.93. The first kappa shape index (κ1) is 25.0. The number of nitrogens with one attached hydrogen (secondary N) is 1. The highest BCUT2D eigenvalue weighted by Crippen LogP contribution is 2.25. The van der Waals surface area contributed by atoms with Gasteiger partial charge in [-0.05, 0) is 40.2 Å². The van der Waals surface area contributed by atoms with E-state index in [0.29, 0.717) is 32.7 Å². The second kappa shape index (κ2) is 11.2. The molecule has 0 bridgehead atoms. The minimum Gasteiger partial charge on any atom is -0.357 e. The van der Waals surface area contributed by atoms with Crippen molar-refractivity contribution in [2.24, 2.45) is 4.99 Å². The van der Waals surface area contributed by atoms with E-state index >= 15 is 0 Å². The van der Waals surface area contributed by atoms with Crippen LogP contribution in [0.2, 0.25) is 0 Å². The smallest absolute Gasteiger partial charge is 0.357 e. The Morgan fingerprint density at radius 1 is 1.25 bits per heavy atom. The van der Waals surface area contributed by atoms with Crippen LogP contribution in [0.25, 0.3) is 0 Å². The summed E-state index contributed by atoms with van der Waals surface area (Å²) in [6, 6.07) is 0.648. The Morgan fingerprint density at radius 2 is 1.89 bits per heavy atom. The number of aliphatic imine (C=N–C) groups is 1. The van der Waals surface area contributed by atoms with Gasteiger partial charge in [-0.1, -0.05) is 0 Å². The second-order valence-corrected chi connectivity index (χ2v) is 6.98. The topological polar surface area (TPSA) is 48.7 Å². The van der Waals surface area contributed by atoms with Crippen LogP contribution in [0.4, 0.5) is 13.2 Å². The van der Waals surface area contributed by atoms with Gasteiger partial charge in [0.2, 0.25) is 0 Å². The Labute approximate surface area is 182 Å². The summed E-state index contributed by atoms with van der Waals surface area (Å²) in [5.41, 5.74) is 2.15. The molecule has 6 nitrogen and oxygen atoms in total. The van der Waals surface area contributed by atoms with Gasteiger partial charge in [-0.2, -0.15) is 18.3 Å². The largest absolute Gasteiger partial charge is 0.403 e. The Hall–Kier alpha value is -1.04. The Bertz CT molecular complexity index is 623. The van der Waals surface area contributed by atoms with E-state index in [9.17, 15) is 13.2 Å². The molecule has 0 amide bonds. The van der Waals surface area contributed by atoms with Crippen molar-refractivity contribution in [3.8, 4) is 0 Å². The summed E-state index contributed by atoms with van der Waals surface area (Å²) in [5, 5.41) is 7.70. The van der Waals surface area contributed by atoms with Crippen LogP contribution in [0.3, 0.4) is 0 Å². The third kappa shape index (κ3) is 7.09. The van der Waals surface area contributed by atoms with E-state index in [1.165, 1.54) is 11.8 Å². The zero-order valence-electron chi connectivity index (χ0n) is 17.1. The van der Waals surface area contributed by atoms with E-state index in [2.05, 4.69) is 21.5 Å². The lowest BCUT2D eigenvalue weighted by atomic mass is 10.2. The number of aromatic nitrogens is 2. The molecular weight excluding hydrogens is 484 g/mol. The van der Waals surface area contributed by atoms with Crippen LogP contribution in [-0.4, -0.2) is 77.0 Å². The number of halogens is 4. The first-order chi connectivity index (χ1) is 12.7. The Morgan fingerprint density at radius 3 is 2.39 bits per heavy atom. The van der Waals surface area contributed by atoms with Crippen molar-refractivity contribution in [1.82, 2.24) is 24.9 Å². The molecule has 1 aromatic heterocycles. The van der Waals surface area contributed by atoms with Crippen molar-refractivity contribution < 1.29 is 13.2 Å². The maximum atomic E-state index is 12.9. The summed E-state index contributed by atoms with van der Waals surface area (Å²) in [5.74, 6) is 0.783. The first-order valence-electron chi connectivity index (χ1n) is 9.57. The van der Waals surface area contributed by atoms with Gasteiger partial charge in [0.1, 0.15) is 6.04 Å². The van der Waals surface area contributed by atoms with Crippen molar-refractivity contribution in [3.63, 3.8) is 0 Å². The standard InChI is InChI=1S/C18H31F3N6.HI/c1-5-22-17(23-7-6-8-27-15(3)13-14(2)24-27)26-11-9-25(10-12-26)16(4)18(19,20)21;/h13,16H,5-12H2,1-4H3,(H,22,23);1H. The van der Waals surface area contributed by atoms with Gasteiger partial charge in [0.15, 0.2) is 5.96 Å². The van der Waals surface area contributed by atoms with E-state index in [1.807, 2.05) is 30.4 Å². The van der Waals surface area contributed by atoms with E-state index in [4.69, 9.17) is 0 Å². The van der Waals surface area contributed by atoms with Crippen LogP contribution in [0.15, 0.2) is 11.1 Å². The van der Waals surface area contributed by atoms with Gasteiger partial charge in [-0.15, -0.1) is 24.0 Å². The Balaban J connectivity index is 0.00000392. The van der Waals surface area contributed by atoms with Gasteiger partial charge in [0.25, 0.3) is 0 Å². The van der Waals surface area contributed by atoms with Crippen molar-refractivity contribution in [2.75, 3.05) is 39.3 Å². The quantitative estimate of drug-likeness (QED) is 0.274. The van der Waals surface area contributed by atoms with E-state index in [-0.39, 0.29) is 24.0 Å². The molecule has 2 heterocycles. The van der Waals surface area contributed by atoms with E-state index in [0.717, 1.165) is 36.9 Å². The molecule has 10 heteroatoms. The number of piperazine rings is 1. The van der Waals surface area contributed by atoms with Crippen molar-refractivity contribution >= 4 is 29.9 Å². The summed E-state index contributed by atoms with van der Waals surface area (Å²) in [6.07, 6.45) is -3.31. The fourth-order valence-electron chi connectivity index (χ4n) is 3.26. The number of guanidine groups is 1. The lowest BCUT2D eigenvalue weighted by Gasteiger charge is -2.39. The molecule has 0 radical (unpaired) electrons. The first-order valence-corrected chi connectivity index (χ1v) is 9.57. The van der Waals surface area contributed by atoms with Crippen LogP contribution in [0.5, 0.6) is 0 Å². The molecule has 0 aromatic carbocycles. The summed E-state index contributed by atoms with van der Waals surface area (Å²) in [4.78, 5) is 8.19. The number of hydrogen-bond acceptors (Lipinski definition) is 3. The third-order valence-corrected chi connectivity index (χ3v) is 4.86. The molecule has 1 N–H and O–H groups in total. The van der Waals surface area contributed by atoms with Gasteiger partial charge < -0.3 is 10.2 Å². The lowest BCUT2D eigenvalue weighted by molar-refractivity contribution is -0.181. The zero-order chi connectivity index (χ0) is 20.0. The van der Waals surface area contributed by atoms with Crippen molar-refractivity contribution in [3.05, 3.63) is 17.5 Å². The number of alkyl halides is 3. The monoisotopic (exact) mass is 516 g/mol. The number of aryl methyl sites for hydroxylation is 3. The van der Waals surface area contributed by atoms with Crippen molar-refractivity contribution in [1.29, 1.82) is 0 Å². The normalized spacial score (nSPS) is 17.4. The lowest BCUT2D eigenvalue weighted by Crippen LogP contribution is -2.56. The van der Waals surface area contributed by atoms with Gasteiger partial charge in [-0.25, -0.2) is 0 Å². The van der Waals surface area contributed by atoms with Crippen LogP contribution in [0.1, 0.15) is 31.7 Å². The number of hydrogen-bond donors (Lipinski definition) is 1. The molecule has 1 aliphatic rings. The van der Waals surface area contributed by atoms with Crippen LogP contribution in [0, 0.1) is 13.8 Å². The summed E-state index contributed by atoms with van der Waals surface area (Å²) in [7, 11) is 0. The maximum Gasteiger partial charge on any atom is 0.403 e. The van der Waals surface area contributed by atoms with Crippen LogP contribution >= 0.6 is 24.0 Å². The number of nitrogens with zero attached hydrogens (tertiary/aromatic N) is 5. The van der Waals surface area contributed by atoms with Crippen LogP contribution in [-0.2, 0) is 6.54 Å². The average molecular weight is 516 g/mol. The van der Waals surface area contributed by atoms with E-state index in [1.54, 1.807) is 0 Å². The SMILES string of the molecule is CCNC(=NCCCn1nc(C)cc1C)N1CCN(C(C)C(F)(F)F)CC1.I. The molecule has 1 fully saturated rings. The van der Waals surface area contributed by atoms with Gasteiger partial charge in [0, 0.05) is 51.5 Å². The van der Waals surface area contributed by atoms with E-state index < -0.39 is 12.2 Å². The molecule has 1 unspecified atom stereocenters. The highest BCUT2D eigenvalue weighted by Gasteiger charge is 2.41. The molecule has 0 saturated carbocycles. The zero-order valence-corrected chi connectivity index (χ0v) is 19.4. The second-order valence-electron chi connectivity index (χ2n) is 6.98. The molecule has 1 atom stereocenters. The summed E-state index contributed by atoms with van der Waals surface area (Å²) < 4.78 is 40.6. The predicted molar refractivity (Wildman–Crippen MR) is 116 cm³/mol. The molecule has 1 saturated heterocycles. The van der Waals surface area contributed by atoms with Crippen molar-refractivity contribution in [2.45, 2.75) is 52.9 Å². The molecule has 1 aliphatic heterocycles. The molecule has 0 aliphatic carbocycles. The fourth-order valence-corrected chi connectivity index (χ4v) is 3.26. The third-order valence-electron chi connectivity index (χ3n) is 4.86. The summed E-state index contributed by atoms with van der Waals surface area (Å²) >= 11 is 0. The molecular formula is C18H32F3IN6. The predicted octanol–water partition coefficient (Wildman–Crippen LogP) is 3.04. The minimum absolute atomic E-state index is 0. The molecule has 0 spiro atoms. The molecule has 162 valence electrons. The molecule has 28 heavy (non-hydrogen) atoms. The fraction of sp³-hybridized carbons (Fsp3) is 0.778. The van der Waals surface area contributed by atoms with Gasteiger partial charge >= 0.3 is 6.18 Å². The summed E-state index contributed by atoms with van der Waals surface area (Å²) in [6.45, 7) is 11.3. The van der Waals surface area contributed by atoms with Gasteiger partial charge in [-0.3, -0.25) is 14.6 Å². The highest BCUT2D eigenvalue weighted by atomic mass is 127.